The van der Waals surface area contributed by atoms with Gasteiger partial charge in [-0.2, -0.15) is 0 Å². The van der Waals surface area contributed by atoms with Crippen molar-refractivity contribution in [1.29, 1.82) is 0 Å². The van der Waals surface area contributed by atoms with Gasteiger partial charge in [-0.1, -0.05) is 50.3 Å². The zero-order chi connectivity index (χ0) is 22.5. The monoisotopic (exact) mass is 442 g/mol. The first-order valence-corrected chi connectivity index (χ1v) is 12.3. The number of methoxy groups -OCH3 is 1. The zero-order valence-electron chi connectivity index (χ0n) is 19.0. The number of nitrogens with one attached hydrogen (secondary N) is 1. The maximum atomic E-state index is 13.9. The van der Waals surface area contributed by atoms with Crippen molar-refractivity contribution in [2.24, 2.45) is 11.8 Å². The van der Waals surface area contributed by atoms with Crippen LogP contribution in [0.3, 0.4) is 0 Å². The molecule has 4 atom stereocenters. The number of carbonyl (C=O) groups excluding carboxylic acids is 2. The Morgan fingerprint density at radius 2 is 1.61 bits per heavy atom. The lowest BCUT2D eigenvalue weighted by Gasteiger charge is -2.38. The molecule has 0 radical (unpaired) electrons. The molecule has 5 heteroatoms. The molecule has 3 aromatic rings. The Morgan fingerprint density at radius 3 is 2.39 bits per heavy atom. The number of ether oxygens (including phenoxy) is 1. The molecule has 2 aliphatic carbocycles. The summed E-state index contributed by atoms with van der Waals surface area (Å²) in [7, 11) is 1.62. The molecule has 1 aromatic heterocycles. The summed E-state index contributed by atoms with van der Waals surface area (Å²) >= 11 is 0. The number of aromatic nitrogens is 1. The van der Waals surface area contributed by atoms with Gasteiger partial charge in [0, 0.05) is 16.6 Å². The number of carbonyl (C=O) groups is 2. The smallest absolute Gasteiger partial charge is 0.243 e. The summed E-state index contributed by atoms with van der Waals surface area (Å²) in [5.74, 6) is 0.398. The quantitative estimate of drug-likeness (QED) is 0.502. The molecule has 0 bridgehead atoms. The number of hydrogen-bond acceptors (Lipinski definition) is 3. The Bertz CT molecular complexity index is 1210. The van der Waals surface area contributed by atoms with E-state index in [9.17, 15) is 9.59 Å². The van der Waals surface area contributed by atoms with Gasteiger partial charge in [0.15, 0.2) is 0 Å². The predicted molar refractivity (Wildman–Crippen MR) is 129 cm³/mol. The third kappa shape index (κ3) is 3.12. The second-order valence-electron chi connectivity index (χ2n) is 9.83. The third-order valence-corrected chi connectivity index (χ3v) is 8.17. The van der Waals surface area contributed by atoms with Crippen LogP contribution in [0.2, 0.25) is 0 Å². The van der Waals surface area contributed by atoms with Crippen molar-refractivity contribution >= 4 is 28.4 Å². The van der Waals surface area contributed by atoms with Gasteiger partial charge in [0.25, 0.3) is 0 Å². The molecule has 2 heterocycles. The van der Waals surface area contributed by atoms with Crippen LogP contribution in [0.15, 0.2) is 48.5 Å². The summed E-state index contributed by atoms with van der Waals surface area (Å²) in [5, 5.41) is 1.23. The van der Waals surface area contributed by atoms with E-state index in [1.807, 2.05) is 30.3 Å². The molecule has 170 valence electrons. The van der Waals surface area contributed by atoms with Crippen molar-refractivity contribution in [3.8, 4) is 5.75 Å². The van der Waals surface area contributed by atoms with Crippen molar-refractivity contribution in [3.05, 3.63) is 59.8 Å². The van der Waals surface area contributed by atoms with E-state index in [1.54, 1.807) is 7.11 Å². The molecule has 0 unspecified atom stereocenters. The summed E-state index contributed by atoms with van der Waals surface area (Å²) in [4.78, 5) is 32.9. The standard InChI is InChI=1S/C28H30N2O3/c1-33-18-15-13-17(14-16-18)30-27(31)24-20-10-6-4-2-3-5-9-19(20)23-21-11-7-8-12-22(21)29-26(23)25(24)28(30)32/h7-8,11-16,19-20,24-25,29H,2-6,9-10H2,1H3/t19-,20+,24+,25+/m1/s1. The molecule has 1 saturated heterocycles. The van der Waals surface area contributed by atoms with Crippen molar-refractivity contribution in [2.75, 3.05) is 12.0 Å². The van der Waals surface area contributed by atoms with Crippen molar-refractivity contribution in [3.63, 3.8) is 0 Å². The van der Waals surface area contributed by atoms with Crippen molar-refractivity contribution in [1.82, 2.24) is 4.98 Å². The van der Waals surface area contributed by atoms with Gasteiger partial charge in [-0.25, -0.2) is 4.90 Å². The van der Waals surface area contributed by atoms with E-state index in [1.165, 1.54) is 41.5 Å². The van der Waals surface area contributed by atoms with Crippen LogP contribution in [-0.2, 0) is 9.59 Å². The van der Waals surface area contributed by atoms with E-state index < -0.39 is 5.92 Å². The number of H-pyrrole nitrogens is 1. The fourth-order valence-electron chi connectivity index (χ4n) is 6.72. The fraction of sp³-hybridized carbons (Fsp3) is 0.429. The second kappa shape index (κ2) is 8.05. The maximum absolute atomic E-state index is 13.9. The van der Waals surface area contributed by atoms with Gasteiger partial charge in [0.2, 0.25) is 11.8 Å². The first-order chi connectivity index (χ1) is 16.2. The second-order valence-corrected chi connectivity index (χ2v) is 9.83. The molecule has 1 N–H and O–H groups in total. The van der Waals surface area contributed by atoms with E-state index in [-0.39, 0.29) is 23.7 Å². The lowest BCUT2D eigenvalue weighted by Crippen LogP contribution is -2.36. The summed E-state index contributed by atoms with van der Waals surface area (Å²) in [6.45, 7) is 0. The minimum absolute atomic E-state index is 0.0336. The molecule has 2 fully saturated rings. The van der Waals surface area contributed by atoms with Crippen molar-refractivity contribution < 1.29 is 14.3 Å². The Kier molecular flexibility index (Phi) is 5.01. The maximum Gasteiger partial charge on any atom is 0.243 e. The highest BCUT2D eigenvalue weighted by Crippen LogP contribution is 2.56. The Morgan fingerprint density at radius 1 is 0.879 bits per heavy atom. The van der Waals surface area contributed by atoms with Crippen LogP contribution in [0.1, 0.15) is 68.0 Å². The van der Waals surface area contributed by atoms with Gasteiger partial charge in [-0.05, 0) is 60.6 Å². The number of hydrogen-bond donors (Lipinski definition) is 1. The van der Waals surface area contributed by atoms with E-state index in [4.69, 9.17) is 4.74 Å². The van der Waals surface area contributed by atoms with Crippen LogP contribution in [0.4, 0.5) is 5.69 Å². The number of rotatable bonds is 2. The molecule has 2 amide bonds. The lowest BCUT2D eigenvalue weighted by atomic mass is 9.63. The fourth-order valence-corrected chi connectivity index (χ4v) is 6.72. The van der Waals surface area contributed by atoms with Crippen LogP contribution in [0.5, 0.6) is 5.75 Å². The highest BCUT2D eigenvalue weighted by atomic mass is 16.5. The van der Waals surface area contributed by atoms with Crippen LogP contribution in [0.25, 0.3) is 10.9 Å². The largest absolute Gasteiger partial charge is 0.497 e. The zero-order valence-corrected chi connectivity index (χ0v) is 19.0. The van der Waals surface area contributed by atoms with Crippen molar-refractivity contribution in [2.45, 2.75) is 56.8 Å². The normalized spacial score (nSPS) is 27.4. The average molecular weight is 443 g/mol. The highest BCUT2D eigenvalue weighted by molar-refractivity contribution is 6.24. The summed E-state index contributed by atoms with van der Waals surface area (Å²) in [5.41, 5.74) is 4.00. The van der Waals surface area contributed by atoms with Gasteiger partial charge in [0.1, 0.15) is 5.75 Å². The summed E-state index contributed by atoms with van der Waals surface area (Å²) in [6.07, 6.45) is 8.14. The topological polar surface area (TPSA) is 62.4 Å². The van der Waals surface area contributed by atoms with Crippen LogP contribution in [0, 0.1) is 11.8 Å². The lowest BCUT2D eigenvalue weighted by molar-refractivity contribution is -0.123. The Hall–Kier alpha value is -3.08. The molecule has 33 heavy (non-hydrogen) atoms. The minimum atomic E-state index is -0.427. The van der Waals surface area contributed by atoms with E-state index in [0.717, 1.165) is 30.5 Å². The molecule has 3 aliphatic rings. The van der Waals surface area contributed by atoms with E-state index in [2.05, 4.69) is 23.2 Å². The number of nitrogens with zero attached hydrogens (tertiary/aromatic N) is 1. The molecule has 0 spiro atoms. The van der Waals surface area contributed by atoms with E-state index >= 15 is 0 Å². The molecular formula is C28H30N2O3. The number of benzene rings is 2. The first kappa shape index (κ1) is 20.5. The number of para-hydroxylation sites is 1. The predicted octanol–water partition coefficient (Wildman–Crippen LogP) is 5.91. The minimum Gasteiger partial charge on any atom is -0.497 e. The van der Waals surface area contributed by atoms with Gasteiger partial charge in [0.05, 0.1) is 24.6 Å². The number of fused-ring (bicyclic) bond motifs is 8. The number of amides is 2. The number of aromatic amines is 1. The van der Waals surface area contributed by atoms with Gasteiger partial charge < -0.3 is 9.72 Å². The molecule has 6 rings (SSSR count). The number of anilines is 1. The molecule has 2 aromatic carbocycles. The van der Waals surface area contributed by atoms with Crippen LogP contribution < -0.4 is 9.64 Å². The van der Waals surface area contributed by atoms with Gasteiger partial charge >= 0.3 is 0 Å². The highest BCUT2D eigenvalue weighted by Gasteiger charge is 2.57. The molecule has 1 saturated carbocycles. The summed E-state index contributed by atoms with van der Waals surface area (Å²) in [6, 6.07) is 15.7. The SMILES string of the molecule is COc1ccc(N2C(=O)[C@H]3[C@H]4CCCCCCC[C@H]4c4c([nH]c5ccccc45)[C@H]3C2=O)cc1. The molecule has 1 aliphatic heterocycles. The van der Waals surface area contributed by atoms with Gasteiger partial charge in [-0.3, -0.25) is 9.59 Å². The van der Waals surface area contributed by atoms with Gasteiger partial charge in [-0.15, -0.1) is 0 Å². The Labute approximate surface area is 194 Å². The summed E-state index contributed by atoms with van der Waals surface area (Å²) < 4.78 is 5.28. The Balaban J connectivity index is 1.51. The molecule has 5 nitrogen and oxygen atoms in total. The number of imide groups is 1. The molecular weight excluding hydrogens is 412 g/mol. The van der Waals surface area contributed by atoms with Crippen LogP contribution in [-0.4, -0.2) is 23.9 Å². The van der Waals surface area contributed by atoms with Crippen LogP contribution >= 0.6 is 0 Å². The third-order valence-electron chi connectivity index (χ3n) is 8.17. The first-order valence-electron chi connectivity index (χ1n) is 12.3. The average Bonchev–Trinajstić information content (AvgIpc) is 3.37. The van der Waals surface area contributed by atoms with E-state index in [0.29, 0.717) is 17.4 Å².